The zero-order chi connectivity index (χ0) is 28.5. The predicted octanol–water partition coefficient (Wildman–Crippen LogP) is 4.23. The normalized spacial score (nSPS) is 15.4. The van der Waals surface area contributed by atoms with Crippen LogP contribution in [0.3, 0.4) is 0 Å². The van der Waals surface area contributed by atoms with Crippen molar-refractivity contribution in [2.75, 3.05) is 25.1 Å². The molecular weight excluding hydrogens is 546 g/mol. The number of nitrogens with zero attached hydrogens (tertiary/aromatic N) is 1. The van der Waals surface area contributed by atoms with E-state index in [1.54, 1.807) is 24.3 Å². The molecular formula is C30H35N3O5S2. The summed E-state index contributed by atoms with van der Waals surface area (Å²) in [6.45, 7) is 2.42. The number of thioether (sulfide) groups is 1. The van der Waals surface area contributed by atoms with E-state index in [0.29, 0.717) is 29.7 Å². The van der Waals surface area contributed by atoms with Gasteiger partial charge in [0.1, 0.15) is 6.04 Å². The van der Waals surface area contributed by atoms with Gasteiger partial charge in [-0.1, -0.05) is 60.7 Å². The number of amides is 1. The van der Waals surface area contributed by atoms with Crippen molar-refractivity contribution in [1.29, 1.82) is 0 Å². The minimum atomic E-state index is -3.85. The molecule has 212 valence electrons. The Labute approximate surface area is 240 Å². The maximum atomic E-state index is 13.4. The van der Waals surface area contributed by atoms with E-state index >= 15 is 0 Å². The highest BCUT2D eigenvalue weighted by Crippen LogP contribution is 2.28. The van der Waals surface area contributed by atoms with Crippen LogP contribution in [-0.2, 0) is 21.4 Å². The minimum Gasteiger partial charge on any atom is -0.480 e. The number of carboxylic acids is 1. The Kier molecular flexibility index (Phi) is 10.4. The molecule has 0 aliphatic carbocycles. The zero-order valence-corrected chi connectivity index (χ0v) is 24.1. The molecule has 1 heterocycles. The quantitative estimate of drug-likeness (QED) is 0.293. The number of benzene rings is 3. The van der Waals surface area contributed by atoms with Gasteiger partial charge in [0.25, 0.3) is 5.91 Å². The third-order valence-corrected chi connectivity index (χ3v) is 9.17. The number of carbonyl (C=O) groups excluding carboxylic acids is 1. The van der Waals surface area contributed by atoms with Gasteiger partial charge < -0.3 is 10.4 Å². The second-order valence-corrected chi connectivity index (χ2v) is 12.6. The van der Waals surface area contributed by atoms with Crippen LogP contribution in [0.5, 0.6) is 0 Å². The molecule has 1 fully saturated rings. The molecule has 0 bridgehead atoms. The minimum absolute atomic E-state index is 0.0618. The van der Waals surface area contributed by atoms with Gasteiger partial charge in [-0.05, 0) is 66.2 Å². The van der Waals surface area contributed by atoms with E-state index in [-0.39, 0.29) is 22.9 Å². The molecule has 3 aromatic carbocycles. The summed E-state index contributed by atoms with van der Waals surface area (Å²) < 4.78 is 29.7. The Morgan fingerprint density at radius 1 is 1.00 bits per heavy atom. The summed E-state index contributed by atoms with van der Waals surface area (Å²) in [5.41, 5.74) is 2.54. The van der Waals surface area contributed by atoms with Gasteiger partial charge in [-0.3, -0.25) is 9.69 Å². The van der Waals surface area contributed by atoms with Crippen LogP contribution in [0, 0.1) is 0 Å². The van der Waals surface area contributed by atoms with Crippen LogP contribution in [0.2, 0.25) is 0 Å². The largest absolute Gasteiger partial charge is 0.480 e. The van der Waals surface area contributed by atoms with Crippen LogP contribution in [0.4, 0.5) is 0 Å². The van der Waals surface area contributed by atoms with Gasteiger partial charge in [-0.25, -0.2) is 17.9 Å². The van der Waals surface area contributed by atoms with E-state index < -0.39 is 27.9 Å². The molecule has 3 aromatic rings. The third kappa shape index (κ3) is 7.94. The number of aliphatic carboxylic acids is 1. The topological polar surface area (TPSA) is 116 Å². The molecule has 0 aromatic heterocycles. The standard InChI is InChI=1S/C30H35N3O5S2/c1-39-19-16-28(30(35)36)31-29(34)26-13-12-25(20-27(26)23-10-6-3-7-11-23)40(37,38)32-24-14-17-33(18-15-24)21-22-8-4-2-5-9-22/h2-13,20,24,28,32H,14-19,21H2,1H3,(H,31,34)(H,35,36)/t28-/m0/s1. The molecule has 8 nitrogen and oxygen atoms in total. The summed E-state index contributed by atoms with van der Waals surface area (Å²) in [4.78, 5) is 27.3. The lowest BCUT2D eigenvalue weighted by molar-refractivity contribution is -0.139. The number of sulfonamides is 1. The molecule has 3 N–H and O–H groups in total. The van der Waals surface area contributed by atoms with Crippen molar-refractivity contribution >= 4 is 33.7 Å². The first kappa shape index (κ1) is 29.8. The number of carbonyl (C=O) groups is 2. The van der Waals surface area contributed by atoms with Gasteiger partial charge in [0, 0.05) is 31.2 Å². The first-order valence-corrected chi connectivity index (χ1v) is 16.1. The van der Waals surface area contributed by atoms with E-state index in [2.05, 4.69) is 27.1 Å². The molecule has 1 aliphatic rings. The van der Waals surface area contributed by atoms with Crippen LogP contribution in [0.1, 0.15) is 35.2 Å². The van der Waals surface area contributed by atoms with E-state index in [1.807, 2.05) is 30.5 Å². The molecule has 40 heavy (non-hydrogen) atoms. The van der Waals surface area contributed by atoms with E-state index in [1.165, 1.54) is 35.5 Å². The fraction of sp³-hybridized carbons (Fsp3) is 0.333. The monoisotopic (exact) mass is 581 g/mol. The molecule has 1 atom stereocenters. The first-order chi connectivity index (χ1) is 19.3. The summed E-state index contributed by atoms with van der Waals surface area (Å²) in [5, 5.41) is 12.2. The smallest absolute Gasteiger partial charge is 0.326 e. The highest BCUT2D eigenvalue weighted by atomic mass is 32.2. The maximum Gasteiger partial charge on any atom is 0.326 e. The van der Waals surface area contributed by atoms with Gasteiger partial charge in [-0.15, -0.1) is 0 Å². The molecule has 1 saturated heterocycles. The fourth-order valence-corrected chi connectivity index (χ4v) is 6.61. The summed E-state index contributed by atoms with van der Waals surface area (Å²) >= 11 is 1.50. The van der Waals surface area contributed by atoms with Crippen molar-refractivity contribution < 1.29 is 23.1 Å². The second kappa shape index (κ2) is 13.9. The summed E-state index contributed by atoms with van der Waals surface area (Å²) in [6, 6.07) is 22.4. The number of hydrogen-bond acceptors (Lipinski definition) is 6. The molecule has 4 rings (SSSR count). The first-order valence-electron chi connectivity index (χ1n) is 13.3. The Bertz CT molecular complexity index is 1390. The highest BCUT2D eigenvalue weighted by Gasteiger charge is 2.27. The van der Waals surface area contributed by atoms with Gasteiger partial charge in [-0.2, -0.15) is 11.8 Å². The molecule has 0 radical (unpaired) electrons. The molecule has 10 heteroatoms. The number of nitrogens with one attached hydrogen (secondary N) is 2. The van der Waals surface area contributed by atoms with Crippen molar-refractivity contribution in [3.8, 4) is 11.1 Å². The van der Waals surface area contributed by atoms with Crippen LogP contribution < -0.4 is 10.0 Å². The van der Waals surface area contributed by atoms with Crippen LogP contribution in [-0.4, -0.2) is 67.5 Å². The Morgan fingerprint density at radius 2 is 1.65 bits per heavy atom. The molecule has 1 aliphatic heterocycles. The van der Waals surface area contributed by atoms with Crippen LogP contribution >= 0.6 is 11.8 Å². The van der Waals surface area contributed by atoms with Crippen molar-refractivity contribution in [1.82, 2.24) is 14.9 Å². The van der Waals surface area contributed by atoms with Crippen LogP contribution in [0.15, 0.2) is 83.8 Å². The third-order valence-electron chi connectivity index (χ3n) is 7.00. The van der Waals surface area contributed by atoms with Crippen molar-refractivity contribution in [2.45, 2.75) is 42.8 Å². The van der Waals surface area contributed by atoms with E-state index in [9.17, 15) is 23.1 Å². The lowest BCUT2D eigenvalue weighted by Crippen LogP contribution is -2.44. The molecule has 0 unspecified atom stereocenters. The Hall–Kier alpha value is -3.18. The number of carboxylic acid groups (broad SMARTS) is 1. The molecule has 0 saturated carbocycles. The van der Waals surface area contributed by atoms with Gasteiger partial charge in [0.15, 0.2) is 0 Å². The van der Waals surface area contributed by atoms with Gasteiger partial charge in [0.2, 0.25) is 10.0 Å². The Balaban J connectivity index is 1.50. The van der Waals surface area contributed by atoms with Crippen molar-refractivity contribution in [2.24, 2.45) is 0 Å². The van der Waals surface area contributed by atoms with Crippen LogP contribution in [0.25, 0.3) is 11.1 Å². The lowest BCUT2D eigenvalue weighted by Gasteiger charge is -2.32. The highest BCUT2D eigenvalue weighted by molar-refractivity contribution is 7.98. The fourth-order valence-electron chi connectivity index (χ4n) is 4.81. The Morgan fingerprint density at radius 3 is 2.27 bits per heavy atom. The average molecular weight is 582 g/mol. The van der Waals surface area contributed by atoms with E-state index in [4.69, 9.17) is 0 Å². The summed E-state index contributed by atoms with van der Waals surface area (Å²) in [6.07, 6.45) is 3.55. The number of rotatable bonds is 12. The number of likely N-dealkylation sites (tertiary alicyclic amines) is 1. The lowest BCUT2D eigenvalue weighted by atomic mass is 9.99. The SMILES string of the molecule is CSCC[C@H](NC(=O)c1ccc(S(=O)(=O)NC2CCN(Cc3ccccc3)CC2)cc1-c1ccccc1)C(=O)O. The van der Waals surface area contributed by atoms with Crippen molar-refractivity contribution in [3.05, 3.63) is 90.0 Å². The number of hydrogen-bond donors (Lipinski definition) is 3. The maximum absolute atomic E-state index is 13.4. The van der Waals surface area contributed by atoms with Gasteiger partial charge in [0.05, 0.1) is 4.90 Å². The predicted molar refractivity (Wildman–Crippen MR) is 159 cm³/mol. The van der Waals surface area contributed by atoms with Crippen molar-refractivity contribution in [3.63, 3.8) is 0 Å². The molecule has 0 spiro atoms. The average Bonchev–Trinajstić information content (AvgIpc) is 2.96. The summed E-state index contributed by atoms with van der Waals surface area (Å²) in [7, 11) is -3.85. The summed E-state index contributed by atoms with van der Waals surface area (Å²) in [5.74, 6) is -1.09. The van der Waals surface area contributed by atoms with Gasteiger partial charge >= 0.3 is 5.97 Å². The molecule has 1 amide bonds. The zero-order valence-electron chi connectivity index (χ0n) is 22.5. The van der Waals surface area contributed by atoms with E-state index in [0.717, 1.165) is 19.6 Å². The second-order valence-electron chi connectivity index (χ2n) is 9.88. The number of piperidine rings is 1.